The van der Waals surface area contributed by atoms with E-state index in [2.05, 4.69) is 5.32 Å². The van der Waals surface area contributed by atoms with E-state index in [-0.39, 0.29) is 12.1 Å². The Hall–Kier alpha value is -2.11. The van der Waals surface area contributed by atoms with Crippen LogP contribution in [0.1, 0.15) is 20.8 Å². The highest BCUT2D eigenvalue weighted by atomic mass is 16.7. The van der Waals surface area contributed by atoms with Gasteiger partial charge in [-0.3, -0.25) is 10.1 Å². The first-order valence-electron chi connectivity index (χ1n) is 6.15. The Balaban J connectivity index is 4.69. The van der Waals surface area contributed by atoms with E-state index < -0.39 is 18.2 Å². The zero-order valence-electron chi connectivity index (χ0n) is 11.9. The topological polar surface area (TPSA) is 126 Å². The van der Waals surface area contributed by atoms with Crippen molar-refractivity contribution in [2.75, 3.05) is 19.8 Å². The third-order valence-electron chi connectivity index (χ3n) is 2.19. The number of imide groups is 1. The average Bonchev–Trinajstić information content (AvgIpc) is 2.36. The van der Waals surface area contributed by atoms with Crippen molar-refractivity contribution in [3.05, 3.63) is 11.3 Å². The summed E-state index contributed by atoms with van der Waals surface area (Å²) >= 11 is 0. The number of primary amides is 1. The minimum atomic E-state index is -1.02. The summed E-state index contributed by atoms with van der Waals surface area (Å²) in [6.45, 7) is 6.41. The summed E-state index contributed by atoms with van der Waals surface area (Å²) in [6, 6.07) is 0.694. The second-order valence-corrected chi connectivity index (χ2v) is 3.65. The number of nitrogens with one attached hydrogen (secondary N) is 2. The van der Waals surface area contributed by atoms with E-state index in [4.69, 9.17) is 20.5 Å². The van der Waals surface area contributed by atoms with Crippen LogP contribution < -0.4 is 16.4 Å². The second kappa shape index (κ2) is 9.77. The standard InChI is InChI=1S/C12H20N4O4/c1-4-19-10(20-5-2)7-15-8(3)9(6-13)11(17)16-12(14)18/h10,15H,4-5,7H2,1-3H3,(H3,14,16,17,18)/b9-8-. The van der Waals surface area contributed by atoms with Crippen LogP contribution in [0.3, 0.4) is 0 Å². The molecule has 8 heteroatoms. The van der Waals surface area contributed by atoms with Gasteiger partial charge in [0.1, 0.15) is 11.6 Å². The number of carbonyl (C=O) groups is 2. The molecule has 112 valence electrons. The molecule has 0 aromatic heterocycles. The third kappa shape index (κ3) is 6.72. The molecule has 0 rings (SSSR count). The normalized spacial score (nSPS) is 11.6. The number of carbonyl (C=O) groups excluding carboxylic acids is 2. The molecule has 0 atom stereocenters. The number of nitriles is 1. The van der Waals surface area contributed by atoms with E-state index in [0.717, 1.165) is 0 Å². The van der Waals surface area contributed by atoms with Gasteiger partial charge in [-0.2, -0.15) is 5.26 Å². The van der Waals surface area contributed by atoms with E-state index in [0.29, 0.717) is 18.9 Å². The molecule has 0 aliphatic carbocycles. The molecule has 0 unspecified atom stereocenters. The van der Waals surface area contributed by atoms with Gasteiger partial charge in [-0.05, 0) is 20.8 Å². The zero-order valence-corrected chi connectivity index (χ0v) is 11.9. The van der Waals surface area contributed by atoms with Gasteiger partial charge in [0, 0.05) is 18.9 Å². The second-order valence-electron chi connectivity index (χ2n) is 3.65. The molecule has 0 fully saturated rings. The molecule has 20 heavy (non-hydrogen) atoms. The van der Waals surface area contributed by atoms with Crippen LogP contribution in [0.2, 0.25) is 0 Å². The molecule has 3 amide bonds. The number of nitrogens with zero attached hydrogens (tertiary/aromatic N) is 1. The maximum absolute atomic E-state index is 11.5. The summed E-state index contributed by atoms with van der Waals surface area (Å²) < 4.78 is 10.6. The number of hydrogen-bond donors (Lipinski definition) is 3. The third-order valence-corrected chi connectivity index (χ3v) is 2.19. The summed E-state index contributed by atoms with van der Waals surface area (Å²) in [6.07, 6.45) is -0.487. The quantitative estimate of drug-likeness (QED) is 0.326. The first kappa shape index (κ1) is 17.9. The number of rotatable bonds is 8. The summed E-state index contributed by atoms with van der Waals surface area (Å²) in [4.78, 5) is 22.1. The lowest BCUT2D eigenvalue weighted by Gasteiger charge is -2.18. The maximum atomic E-state index is 11.5. The molecule has 0 bridgehead atoms. The van der Waals surface area contributed by atoms with Gasteiger partial charge >= 0.3 is 6.03 Å². The molecular formula is C12H20N4O4. The Bertz CT molecular complexity index is 408. The van der Waals surface area contributed by atoms with E-state index in [1.807, 2.05) is 19.2 Å². The Morgan fingerprint density at radius 3 is 2.25 bits per heavy atom. The molecule has 0 spiro atoms. The van der Waals surface area contributed by atoms with E-state index in [9.17, 15) is 9.59 Å². The lowest BCUT2D eigenvalue weighted by Crippen LogP contribution is -2.37. The average molecular weight is 284 g/mol. The molecule has 0 heterocycles. The summed E-state index contributed by atoms with van der Waals surface area (Å²) in [5.41, 5.74) is 4.90. The van der Waals surface area contributed by atoms with Crippen molar-refractivity contribution in [2.24, 2.45) is 5.73 Å². The van der Waals surface area contributed by atoms with E-state index in [1.165, 1.54) is 6.92 Å². The van der Waals surface area contributed by atoms with E-state index >= 15 is 0 Å². The lowest BCUT2D eigenvalue weighted by molar-refractivity contribution is -0.132. The van der Waals surface area contributed by atoms with Crippen LogP contribution in [-0.2, 0) is 14.3 Å². The molecule has 0 aliphatic heterocycles. The van der Waals surface area contributed by atoms with Gasteiger partial charge in [0.2, 0.25) is 0 Å². The van der Waals surface area contributed by atoms with Crippen molar-refractivity contribution in [1.29, 1.82) is 5.26 Å². The van der Waals surface area contributed by atoms with Gasteiger partial charge in [0.25, 0.3) is 5.91 Å². The van der Waals surface area contributed by atoms with Crippen LogP contribution in [0.15, 0.2) is 11.3 Å². The summed E-state index contributed by atoms with van der Waals surface area (Å²) in [7, 11) is 0. The molecule has 0 saturated heterocycles. The minimum absolute atomic E-state index is 0.226. The predicted octanol–water partition coefficient (Wildman–Crippen LogP) is -0.0324. The molecule has 0 aromatic carbocycles. The largest absolute Gasteiger partial charge is 0.382 e. The molecule has 0 saturated carbocycles. The van der Waals surface area contributed by atoms with Crippen molar-refractivity contribution < 1.29 is 19.1 Å². The van der Waals surface area contributed by atoms with Gasteiger partial charge in [-0.1, -0.05) is 0 Å². The lowest BCUT2D eigenvalue weighted by atomic mass is 10.2. The highest BCUT2D eigenvalue weighted by Gasteiger charge is 2.15. The maximum Gasteiger partial charge on any atom is 0.319 e. The minimum Gasteiger partial charge on any atom is -0.382 e. The highest BCUT2D eigenvalue weighted by Crippen LogP contribution is 2.02. The number of hydrogen-bond acceptors (Lipinski definition) is 6. The predicted molar refractivity (Wildman–Crippen MR) is 71.1 cm³/mol. The van der Waals surface area contributed by atoms with Crippen LogP contribution >= 0.6 is 0 Å². The number of ether oxygens (including phenoxy) is 2. The first-order chi connectivity index (χ1) is 9.46. The van der Waals surface area contributed by atoms with E-state index in [1.54, 1.807) is 6.07 Å². The number of allylic oxidation sites excluding steroid dienone is 1. The zero-order chi connectivity index (χ0) is 15.5. The molecule has 8 nitrogen and oxygen atoms in total. The molecular weight excluding hydrogens is 264 g/mol. The monoisotopic (exact) mass is 284 g/mol. The fourth-order valence-electron chi connectivity index (χ4n) is 1.34. The van der Waals surface area contributed by atoms with Crippen LogP contribution in [0, 0.1) is 11.3 Å². The Morgan fingerprint density at radius 1 is 1.30 bits per heavy atom. The van der Waals surface area contributed by atoms with Crippen LogP contribution in [0.5, 0.6) is 0 Å². The summed E-state index contributed by atoms with van der Waals surface area (Å²) in [5, 5.41) is 13.6. The van der Waals surface area contributed by atoms with Crippen molar-refractivity contribution in [2.45, 2.75) is 27.1 Å². The number of amides is 3. The molecule has 0 aromatic rings. The fourth-order valence-corrected chi connectivity index (χ4v) is 1.34. The first-order valence-corrected chi connectivity index (χ1v) is 6.15. The van der Waals surface area contributed by atoms with Crippen LogP contribution in [-0.4, -0.2) is 38.0 Å². The Morgan fingerprint density at radius 2 is 1.85 bits per heavy atom. The van der Waals surface area contributed by atoms with Crippen molar-refractivity contribution in [3.8, 4) is 6.07 Å². The summed E-state index contributed by atoms with van der Waals surface area (Å²) in [5.74, 6) is -0.852. The van der Waals surface area contributed by atoms with Crippen LogP contribution in [0.25, 0.3) is 0 Å². The van der Waals surface area contributed by atoms with Crippen LogP contribution in [0.4, 0.5) is 4.79 Å². The highest BCUT2D eigenvalue weighted by molar-refractivity contribution is 6.06. The van der Waals surface area contributed by atoms with Gasteiger partial charge in [-0.25, -0.2) is 4.79 Å². The van der Waals surface area contributed by atoms with Crippen molar-refractivity contribution >= 4 is 11.9 Å². The van der Waals surface area contributed by atoms with Gasteiger partial charge in [-0.15, -0.1) is 0 Å². The molecule has 0 radical (unpaired) electrons. The van der Waals surface area contributed by atoms with Crippen molar-refractivity contribution in [3.63, 3.8) is 0 Å². The van der Waals surface area contributed by atoms with Gasteiger partial charge in [0.15, 0.2) is 6.29 Å². The SMILES string of the molecule is CCOC(CN/C(C)=C(/C#N)C(=O)NC(N)=O)OCC. The van der Waals surface area contributed by atoms with Gasteiger partial charge < -0.3 is 20.5 Å². The smallest absolute Gasteiger partial charge is 0.319 e. The molecule has 4 N–H and O–H groups in total. The Kier molecular flexibility index (Phi) is 8.74. The number of urea groups is 1. The van der Waals surface area contributed by atoms with Crippen molar-refractivity contribution in [1.82, 2.24) is 10.6 Å². The Labute approximate surface area is 117 Å². The fraction of sp³-hybridized carbons (Fsp3) is 0.583. The van der Waals surface area contributed by atoms with Gasteiger partial charge in [0.05, 0.1) is 6.54 Å². The number of nitrogens with two attached hydrogens (primary N) is 1. The molecule has 0 aliphatic rings.